The van der Waals surface area contributed by atoms with Crippen molar-refractivity contribution in [3.63, 3.8) is 0 Å². The average Bonchev–Trinajstić information content (AvgIpc) is 2.86. The number of piperidine rings is 1. The molecule has 0 saturated carbocycles. The van der Waals surface area contributed by atoms with E-state index in [1.807, 2.05) is 4.90 Å². The molecule has 0 atom stereocenters. The van der Waals surface area contributed by atoms with Crippen LogP contribution in [0.25, 0.3) is 5.69 Å². The highest BCUT2D eigenvalue weighted by Crippen LogP contribution is 2.29. The van der Waals surface area contributed by atoms with E-state index in [1.54, 1.807) is 19.1 Å². The molecular formula is C24H25ClF2N4O4S. The summed E-state index contributed by atoms with van der Waals surface area (Å²) in [6, 6.07) is 7.31. The minimum absolute atomic E-state index is 0.0137. The lowest BCUT2D eigenvalue weighted by Gasteiger charge is -2.32. The van der Waals surface area contributed by atoms with E-state index in [9.17, 15) is 22.0 Å². The molecule has 0 N–H and O–H groups in total. The predicted octanol–water partition coefficient (Wildman–Crippen LogP) is 4.23. The smallest absolute Gasteiger partial charge is 0.273 e. The molecule has 8 nitrogen and oxygen atoms in total. The fourth-order valence-electron chi connectivity index (χ4n) is 3.83. The molecule has 0 bridgehead atoms. The topological polar surface area (TPSA) is 94.4 Å². The van der Waals surface area contributed by atoms with Gasteiger partial charge >= 0.3 is 0 Å². The number of pyridine rings is 1. The van der Waals surface area contributed by atoms with Gasteiger partial charge in [-0.25, -0.2) is 27.2 Å². The van der Waals surface area contributed by atoms with Crippen LogP contribution in [0.3, 0.4) is 0 Å². The zero-order valence-corrected chi connectivity index (χ0v) is 21.3. The number of hydrogen-bond acceptors (Lipinski definition) is 7. The van der Waals surface area contributed by atoms with Gasteiger partial charge in [0.1, 0.15) is 11.9 Å². The van der Waals surface area contributed by atoms with E-state index >= 15 is 0 Å². The standard InChI is InChI=1S/C24H25ClF2N4O4S/c1-3-36(33,34)19-6-4-17(5-7-19)31-15-20(25)21(12-22(31)32)35-18-8-10-30(11-9-18)23-28-13-16(14-29-23)24(2,26)27/h4-7,12-15,18H,3,8-11H2,1-2H3. The van der Waals surface area contributed by atoms with Crippen molar-refractivity contribution in [2.24, 2.45) is 0 Å². The second-order valence-corrected chi connectivity index (χ2v) is 11.2. The van der Waals surface area contributed by atoms with E-state index in [4.69, 9.17) is 16.3 Å². The van der Waals surface area contributed by atoms with Gasteiger partial charge < -0.3 is 9.64 Å². The number of anilines is 1. The van der Waals surface area contributed by atoms with Crippen molar-refractivity contribution < 1.29 is 21.9 Å². The number of halogens is 3. The highest BCUT2D eigenvalue weighted by molar-refractivity contribution is 7.91. The van der Waals surface area contributed by atoms with Gasteiger partial charge in [-0.05, 0) is 24.3 Å². The lowest BCUT2D eigenvalue weighted by Crippen LogP contribution is -2.39. The minimum Gasteiger partial charge on any atom is -0.488 e. The fourth-order valence-corrected chi connectivity index (χ4v) is 4.91. The SMILES string of the molecule is CCS(=O)(=O)c1ccc(-n2cc(Cl)c(OC3CCN(c4ncc(C(C)(F)F)cn4)CC3)cc2=O)cc1. The van der Waals surface area contributed by atoms with E-state index in [0.29, 0.717) is 37.6 Å². The largest absolute Gasteiger partial charge is 0.488 e. The lowest BCUT2D eigenvalue weighted by molar-refractivity contribution is 0.0167. The Bertz CT molecular complexity index is 1380. The van der Waals surface area contributed by atoms with E-state index in [2.05, 4.69) is 9.97 Å². The Balaban J connectivity index is 1.41. The summed E-state index contributed by atoms with van der Waals surface area (Å²) in [5.41, 5.74) is -0.140. The van der Waals surface area contributed by atoms with Gasteiger partial charge in [-0.1, -0.05) is 18.5 Å². The Kier molecular flexibility index (Phi) is 7.33. The van der Waals surface area contributed by atoms with Crippen LogP contribution in [0.4, 0.5) is 14.7 Å². The molecule has 1 fully saturated rings. The molecule has 4 rings (SSSR count). The van der Waals surface area contributed by atoms with Gasteiger partial charge in [-0.15, -0.1) is 0 Å². The molecule has 192 valence electrons. The third-order valence-electron chi connectivity index (χ3n) is 5.99. The summed E-state index contributed by atoms with van der Waals surface area (Å²) in [4.78, 5) is 22.9. The maximum atomic E-state index is 13.4. The summed E-state index contributed by atoms with van der Waals surface area (Å²) in [7, 11) is -3.34. The number of ether oxygens (including phenoxy) is 1. The number of hydrogen-bond donors (Lipinski definition) is 0. The first-order valence-electron chi connectivity index (χ1n) is 11.4. The van der Waals surface area contributed by atoms with E-state index in [-0.39, 0.29) is 38.6 Å². The molecule has 0 amide bonds. The first-order chi connectivity index (χ1) is 17.0. The molecule has 3 aromatic rings. The van der Waals surface area contributed by atoms with Crippen LogP contribution >= 0.6 is 11.6 Å². The van der Waals surface area contributed by atoms with Gasteiger partial charge in [0.2, 0.25) is 5.95 Å². The van der Waals surface area contributed by atoms with Gasteiger partial charge in [-0.3, -0.25) is 9.36 Å². The second-order valence-electron chi connectivity index (χ2n) is 8.56. The van der Waals surface area contributed by atoms with Crippen LogP contribution in [-0.4, -0.2) is 47.9 Å². The van der Waals surface area contributed by atoms with Gasteiger partial charge in [0.15, 0.2) is 9.84 Å². The quantitative estimate of drug-likeness (QED) is 0.444. The predicted molar refractivity (Wildman–Crippen MR) is 132 cm³/mol. The Morgan fingerprint density at radius 1 is 1.14 bits per heavy atom. The third kappa shape index (κ3) is 5.67. The number of rotatable bonds is 7. The van der Waals surface area contributed by atoms with Crippen molar-refractivity contribution in [2.45, 2.75) is 43.6 Å². The molecule has 1 saturated heterocycles. The van der Waals surface area contributed by atoms with Crippen molar-refractivity contribution in [2.75, 3.05) is 23.7 Å². The number of nitrogens with zero attached hydrogens (tertiary/aromatic N) is 4. The van der Waals surface area contributed by atoms with Gasteiger partial charge in [0.25, 0.3) is 11.5 Å². The molecule has 0 unspecified atom stereocenters. The molecule has 0 aliphatic carbocycles. The highest BCUT2D eigenvalue weighted by Gasteiger charge is 2.27. The zero-order chi connectivity index (χ0) is 26.1. The van der Waals surface area contributed by atoms with Crippen molar-refractivity contribution in [1.82, 2.24) is 14.5 Å². The van der Waals surface area contributed by atoms with Crippen LogP contribution in [0.2, 0.25) is 5.02 Å². The van der Waals surface area contributed by atoms with Crippen molar-refractivity contribution in [1.29, 1.82) is 0 Å². The molecule has 1 aromatic carbocycles. The van der Waals surface area contributed by atoms with Crippen LogP contribution in [0.15, 0.2) is 58.6 Å². The number of aromatic nitrogens is 3. The van der Waals surface area contributed by atoms with Crippen LogP contribution in [-0.2, 0) is 15.8 Å². The van der Waals surface area contributed by atoms with Gasteiger partial charge in [0, 0.05) is 63.2 Å². The molecular weight excluding hydrogens is 514 g/mol. The van der Waals surface area contributed by atoms with Crippen molar-refractivity contribution in [3.05, 3.63) is 69.9 Å². The zero-order valence-electron chi connectivity index (χ0n) is 19.7. The van der Waals surface area contributed by atoms with Crippen molar-refractivity contribution in [3.8, 4) is 11.4 Å². The minimum atomic E-state index is -3.34. The molecule has 3 heterocycles. The molecule has 1 aliphatic heterocycles. The summed E-state index contributed by atoms with van der Waals surface area (Å²) >= 11 is 6.40. The normalized spacial score (nSPS) is 15.2. The maximum absolute atomic E-state index is 13.4. The van der Waals surface area contributed by atoms with Gasteiger partial charge in [0.05, 0.1) is 21.2 Å². The molecule has 1 aliphatic rings. The summed E-state index contributed by atoms with van der Waals surface area (Å²) in [6.45, 7) is 3.47. The Hall–Kier alpha value is -3.05. The first-order valence-corrected chi connectivity index (χ1v) is 13.4. The van der Waals surface area contributed by atoms with Crippen molar-refractivity contribution >= 4 is 27.4 Å². The number of alkyl halides is 2. The first kappa shape index (κ1) is 26.0. The second kappa shape index (κ2) is 10.1. The summed E-state index contributed by atoms with van der Waals surface area (Å²) in [5.74, 6) is -2.38. The highest BCUT2D eigenvalue weighted by atomic mass is 35.5. The number of sulfone groups is 1. The van der Waals surface area contributed by atoms with Crippen LogP contribution in [0, 0.1) is 0 Å². The lowest BCUT2D eigenvalue weighted by atomic mass is 10.1. The fraction of sp³-hybridized carbons (Fsp3) is 0.375. The number of benzene rings is 1. The maximum Gasteiger partial charge on any atom is 0.273 e. The Morgan fingerprint density at radius 3 is 2.31 bits per heavy atom. The molecule has 0 spiro atoms. The summed E-state index contributed by atoms with van der Waals surface area (Å²) in [5, 5.41) is 0.238. The molecule has 2 aromatic heterocycles. The molecule has 12 heteroatoms. The van der Waals surface area contributed by atoms with Crippen LogP contribution < -0.4 is 15.2 Å². The molecule has 0 radical (unpaired) electrons. The van der Waals surface area contributed by atoms with Gasteiger partial charge in [-0.2, -0.15) is 0 Å². The Morgan fingerprint density at radius 2 is 1.75 bits per heavy atom. The average molecular weight is 539 g/mol. The molecule has 36 heavy (non-hydrogen) atoms. The van der Waals surface area contributed by atoms with Crippen LogP contribution in [0.1, 0.15) is 32.3 Å². The summed E-state index contributed by atoms with van der Waals surface area (Å²) < 4.78 is 58.1. The Labute approximate surface area is 212 Å². The summed E-state index contributed by atoms with van der Waals surface area (Å²) in [6.07, 6.45) is 4.71. The van der Waals surface area contributed by atoms with E-state index in [1.165, 1.54) is 29.0 Å². The van der Waals surface area contributed by atoms with E-state index < -0.39 is 15.8 Å². The monoisotopic (exact) mass is 538 g/mol. The van der Waals surface area contributed by atoms with E-state index in [0.717, 1.165) is 19.3 Å². The van der Waals surface area contributed by atoms with Crippen LogP contribution in [0.5, 0.6) is 5.75 Å². The third-order valence-corrected chi connectivity index (χ3v) is 8.02.